The lowest BCUT2D eigenvalue weighted by molar-refractivity contribution is 0.102. The number of ether oxygens (including phenoxy) is 1. The topological polar surface area (TPSA) is 114 Å². The third-order valence-electron chi connectivity index (χ3n) is 5.07. The van der Waals surface area contributed by atoms with Gasteiger partial charge in [0.25, 0.3) is 5.91 Å². The van der Waals surface area contributed by atoms with Crippen molar-refractivity contribution >= 4 is 40.3 Å². The Labute approximate surface area is 178 Å². The maximum absolute atomic E-state index is 13.0. The molecule has 3 aromatic heterocycles. The van der Waals surface area contributed by atoms with Gasteiger partial charge in [-0.25, -0.2) is 9.50 Å². The van der Waals surface area contributed by atoms with E-state index in [0.29, 0.717) is 16.4 Å². The Kier molecular flexibility index (Phi) is 5.98. The van der Waals surface area contributed by atoms with E-state index in [1.54, 1.807) is 25.7 Å². The van der Waals surface area contributed by atoms with Crippen LogP contribution in [0.5, 0.6) is 0 Å². The average Bonchev–Trinajstić information content (AvgIpc) is 3.08. The summed E-state index contributed by atoms with van der Waals surface area (Å²) < 4.78 is 6.56. The minimum atomic E-state index is -0.398. The molecule has 1 saturated heterocycles. The van der Waals surface area contributed by atoms with Crippen molar-refractivity contribution < 1.29 is 9.53 Å². The first-order valence-corrected chi connectivity index (χ1v) is 9.95. The van der Waals surface area contributed by atoms with E-state index in [1.807, 2.05) is 6.07 Å². The van der Waals surface area contributed by atoms with Crippen LogP contribution in [-0.4, -0.2) is 76.8 Å². The van der Waals surface area contributed by atoms with Gasteiger partial charge in [-0.3, -0.25) is 14.7 Å². The van der Waals surface area contributed by atoms with Gasteiger partial charge in [0.2, 0.25) is 0 Å². The van der Waals surface area contributed by atoms with Crippen LogP contribution in [0, 0.1) is 0 Å². The standard InChI is InChI=1S/C19H23ClN8O2/c1-30-9-8-26-4-6-27(7-5-26)15-2-3-22-11-14(15)24-19(29)16-17(21)25-28-12-13(20)10-23-18(16)28/h2-3,10-12H,4-9H2,1H3,(H2,21,25)(H,24,29). The van der Waals surface area contributed by atoms with Gasteiger partial charge in [-0.2, -0.15) is 0 Å². The van der Waals surface area contributed by atoms with Gasteiger partial charge in [0.05, 0.1) is 35.4 Å². The van der Waals surface area contributed by atoms with Crippen molar-refractivity contribution in [2.75, 3.05) is 62.4 Å². The lowest BCUT2D eigenvalue weighted by Crippen LogP contribution is -2.47. The van der Waals surface area contributed by atoms with Crippen LogP contribution in [0.25, 0.3) is 5.65 Å². The maximum Gasteiger partial charge on any atom is 0.263 e. The molecule has 0 bridgehead atoms. The van der Waals surface area contributed by atoms with E-state index >= 15 is 0 Å². The summed E-state index contributed by atoms with van der Waals surface area (Å²) in [7, 11) is 1.71. The van der Waals surface area contributed by atoms with Crippen LogP contribution < -0.4 is 16.0 Å². The summed E-state index contributed by atoms with van der Waals surface area (Å²) in [6.07, 6.45) is 6.36. The summed E-state index contributed by atoms with van der Waals surface area (Å²) in [6, 6.07) is 1.90. The quantitative estimate of drug-likeness (QED) is 0.602. The van der Waals surface area contributed by atoms with Crippen molar-refractivity contribution in [3.63, 3.8) is 0 Å². The molecule has 0 unspecified atom stereocenters. The van der Waals surface area contributed by atoms with Gasteiger partial charge in [0.1, 0.15) is 5.56 Å². The first-order chi connectivity index (χ1) is 14.6. The van der Waals surface area contributed by atoms with Crippen molar-refractivity contribution in [1.82, 2.24) is 24.5 Å². The molecule has 4 rings (SSSR count). The van der Waals surface area contributed by atoms with E-state index in [-0.39, 0.29) is 11.4 Å². The number of rotatable bonds is 6. The predicted octanol–water partition coefficient (Wildman–Crippen LogP) is 1.38. The first kappa shape index (κ1) is 20.3. The van der Waals surface area contributed by atoms with Crippen molar-refractivity contribution in [1.29, 1.82) is 0 Å². The monoisotopic (exact) mass is 430 g/mol. The summed E-state index contributed by atoms with van der Waals surface area (Å²) in [5.74, 6) is -0.315. The average molecular weight is 431 g/mol. The number of methoxy groups -OCH3 is 1. The molecule has 0 aliphatic carbocycles. The number of amides is 1. The van der Waals surface area contributed by atoms with Crippen LogP contribution >= 0.6 is 11.6 Å². The molecule has 3 aromatic rings. The Morgan fingerprint density at radius 1 is 1.30 bits per heavy atom. The molecule has 158 valence electrons. The number of aromatic nitrogens is 4. The third-order valence-corrected chi connectivity index (χ3v) is 5.26. The second-order valence-electron chi connectivity index (χ2n) is 6.97. The highest BCUT2D eigenvalue weighted by Crippen LogP contribution is 2.27. The number of nitrogens with zero attached hydrogens (tertiary/aromatic N) is 6. The number of pyridine rings is 1. The Morgan fingerprint density at radius 3 is 2.87 bits per heavy atom. The predicted molar refractivity (Wildman–Crippen MR) is 115 cm³/mol. The Bertz CT molecular complexity index is 1050. The third kappa shape index (κ3) is 4.16. The largest absolute Gasteiger partial charge is 0.383 e. The Balaban J connectivity index is 1.53. The van der Waals surface area contributed by atoms with Gasteiger partial charge < -0.3 is 20.7 Å². The molecule has 11 heteroatoms. The summed E-state index contributed by atoms with van der Waals surface area (Å²) >= 11 is 5.95. The molecule has 30 heavy (non-hydrogen) atoms. The normalized spacial score (nSPS) is 14.9. The molecule has 1 amide bonds. The molecule has 0 aromatic carbocycles. The summed E-state index contributed by atoms with van der Waals surface area (Å²) in [5, 5.41) is 7.45. The van der Waals surface area contributed by atoms with E-state index in [0.717, 1.165) is 45.0 Å². The highest BCUT2D eigenvalue weighted by atomic mass is 35.5. The lowest BCUT2D eigenvalue weighted by atomic mass is 10.2. The van der Waals surface area contributed by atoms with E-state index < -0.39 is 5.91 Å². The van der Waals surface area contributed by atoms with Crippen LogP contribution in [0.4, 0.5) is 17.2 Å². The number of piperazine rings is 1. The molecular weight excluding hydrogens is 408 g/mol. The molecule has 1 aliphatic rings. The minimum absolute atomic E-state index is 0.0828. The van der Waals surface area contributed by atoms with Gasteiger partial charge in [0.15, 0.2) is 11.5 Å². The highest BCUT2D eigenvalue weighted by Gasteiger charge is 2.23. The van der Waals surface area contributed by atoms with Crippen LogP contribution in [-0.2, 0) is 4.74 Å². The fourth-order valence-corrected chi connectivity index (χ4v) is 3.67. The zero-order chi connectivity index (χ0) is 21.1. The number of hydrogen-bond acceptors (Lipinski definition) is 8. The van der Waals surface area contributed by atoms with E-state index in [1.165, 1.54) is 10.7 Å². The second-order valence-corrected chi connectivity index (χ2v) is 7.41. The van der Waals surface area contributed by atoms with E-state index in [4.69, 9.17) is 22.1 Å². The van der Waals surface area contributed by atoms with Crippen molar-refractivity contribution in [3.05, 3.63) is 41.4 Å². The number of carbonyl (C=O) groups excluding carboxylic acids is 1. The molecule has 10 nitrogen and oxygen atoms in total. The zero-order valence-electron chi connectivity index (χ0n) is 16.6. The smallest absolute Gasteiger partial charge is 0.263 e. The molecule has 3 N–H and O–H groups in total. The van der Waals surface area contributed by atoms with Gasteiger partial charge in [-0.1, -0.05) is 11.6 Å². The number of nitrogens with one attached hydrogen (secondary N) is 1. The second kappa shape index (κ2) is 8.82. The number of halogens is 1. The number of anilines is 3. The summed E-state index contributed by atoms with van der Waals surface area (Å²) in [4.78, 5) is 26.0. The fourth-order valence-electron chi connectivity index (χ4n) is 3.52. The SMILES string of the molecule is COCCN1CCN(c2ccncc2NC(=O)c2c(N)nn3cc(Cl)cnc23)CC1. The van der Waals surface area contributed by atoms with Crippen molar-refractivity contribution in [3.8, 4) is 0 Å². The molecular formula is C19H23ClN8O2. The molecule has 0 radical (unpaired) electrons. The van der Waals surface area contributed by atoms with Crippen LogP contribution in [0.3, 0.4) is 0 Å². The molecule has 0 atom stereocenters. The lowest BCUT2D eigenvalue weighted by Gasteiger charge is -2.36. The van der Waals surface area contributed by atoms with Crippen molar-refractivity contribution in [2.24, 2.45) is 0 Å². The summed E-state index contributed by atoms with van der Waals surface area (Å²) in [5.41, 5.74) is 8.04. The van der Waals surface area contributed by atoms with Crippen LogP contribution in [0.15, 0.2) is 30.9 Å². The van der Waals surface area contributed by atoms with E-state index in [2.05, 4.69) is 30.2 Å². The Hall–Kier alpha value is -2.95. The highest BCUT2D eigenvalue weighted by molar-refractivity contribution is 6.30. The van der Waals surface area contributed by atoms with Crippen LogP contribution in [0.1, 0.15) is 10.4 Å². The zero-order valence-corrected chi connectivity index (χ0v) is 17.3. The first-order valence-electron chi connectivity index (χ1n) is 9.58. The maximum atomic E-state index is 13.0. The van der Waals surface area contributed by atoms with Crippen molar-refractivity contribution in [2.45, 2.75) is 0 Å². The van der Waals surface area contributed by atoms with E-state index in [9.17, 15) is 4.79 Å². The van der Waals surface area contributed by atoms with Gasteiger partial charge in [-0.15, -0.1) is 5.10 Å². The molecule has 0 spiro atoms. The molecule has 1 fully saturated rings. The number of fused-ring (bicyclic) bond motifs is 1. The number of hydrogen-bond donors (Lipinski definition) is 2. The minimum Gasteiger partial charge on any atom is -0.383 e. The number of nitrogens with two attached hydrogens (primary N) is 1. The summed E-state index contributed by atoms with van der Waals surface area (Å²) in [6.45, 7) is 5.16. The number of nitrogen functional groups attached to an aromatic ring is 1. The number of carbonyl (C=O) groups is 1. The molecule has 1 aliphatic heterocycles. The Morgan fingerprint density at radius 2 is 2.10 bits per heavy atom. The van der Waals surface area contributed by atoms with Gasteiger partial charge >= 0.3 is 0 Å². The fraction of sp³-hybridized carbons (Fsp3) is 0.368. The van der Waals surface area contributed by atoms with Gasteiger partial charge in [-0.05, 0) is 6.07 Å². The molecule has 4 heterocycles. The van der Waals surface area contributed by atoms with Crippen LogP contribution in [0.2, 0.25) is 5.02 Å². The molecule has 0 saturated carbocycles. The van der Waals surface area contributed by atoms with Gasteiger partial charge in [0, 0.05) is 52.2 Å².